The lowest BCUT2D eigenvalue weighted by atomic mass is 10.0. The molecule has 164 valence electrons. The van der Waals surface area contributed by atoms with Crippen molar-refractivity contribution in [3.63, 3.8) is 0 Å². The number of rotatable bonds is 8. The highest BCUT2D eigenvalue weighted by Crippen LogP contribution is 2.28. The highest BCUT2D eigenvalue weighted by molar-refractivity contribution is 7.99. The van der Waals surface area contributed by atoms with Crippen LogP contribution in [0.3, 0.4) is 0 Å². The summed E-state index contributed by atoms with van der Waals surface area (Å²) < 4.78 is 13.1. The van der Waals surface area contributed by atoms with Gasteiger partial charge in [-0.1, -0.05) is 54.2 Å². The Morgan fingerprint density at radius 3 is 2.66 bits per heavy atom. The lowest BCUT2D eigenvalue weighted by Gasteiger charge is -2.11. The molecule has 0 saturated heterocycles. The van der Waals surface area contributed by atoms with Crippen molar-refractivity contribution in [1.82, 2.24) is 14.8 Å². The number of hydrogen-bond donors (Lipinski definition) is 1. The highest BCUT2D eigenvalue weighted by atomic mass is 32.2. The Bertz CT molecular complexity index is 1260. The predicted octanol–water partition coefficient (Wildman–Crippen LogP) is 4.60. The van der Waals surface area contributed by atoms with Crippen LogP contribution in [-0.2, 0) is 18.4 Å². The summed E-state index contributed by atoms with van der Waals surface area (Å²) in [4.78, 5) is 12.4. The van der Waals surface area contributed by atoms with Gasteiger partial charge in [0.25, 0.3) is 0 Å². The summed E-state index contributed by atoms with van der Waals surface area (Å²) in [6, 6.07) is 19.5. The molecular weight excluding hydrogens is 424 g/mol. The van der Waals surface area contributed by atoms with Crippen LogP contribution in [0, 0.1) is 6.92 Å². The Kier molecular flexibility index (Phi) is 6.61. The first-order valence-electron chi connectivity index (χ1n) is 10.1. The molecule has 32 heavy (non-hydrogen) atoms. The molecule has 1 N–H and O–H groups in total. The average Bonchev–Trinajstić information content (AvgIpc) is 3.17. The van der Waals surface area contributed by atoms with Crippen LogP contribution < -0.4 is 14.8 Å². The van der Waals surface area contributed by atoms with Gasteiger partial charge in [0.15, 0.2) is 11.0 Å². The van der Waals surface area contributed by atoms with Crippen molar-refractivity contribution in [2.45, 2.75) is 18.7 Å². The van der Waals surface area contributed by atoms with E-state index in [1.165, 1.54) is 22.5 Å². The highest BCUT2D eigenvalue weighted by Gasteiger charge is 2.14. The maximum Gasteiger partial charge on any atom is 0.234 e. The fraction of sp³-hybridized carbons (Fsp3) is 0.208. The predicted molar refractivity (Wildman–Crippen MR) is 126 cm³/mol. The number of amides is 1. The molecule has 4 rings (SSSR count). The van der Waals surface area contributed by atoms with Gasteiger partial charge in [-0.2, -0.15) is 0 Å². The number of nitrogens with zero attached hydrogens (tertiary/aromatic N) is 3. The number of benzene rings is 3. The van der Waals surface area contributed by atoms with Gasteiger partial charge in [0.05, 0.1) is 18.6 Å². The SMILES string of the molecule is COc1ccccc1NC(=O)CSc1nnc(COc2ccc3ccccc3c2C)n1C. The molecule has 0 fully saturated rings. The number of thioether (sulfide) groups is 1. The number of hydrogen-bond acceptors (Lipinski definition) is 6. The molecule has 0 atom stereocenters. The van der Waals surface area contributed by atoms with E-state index in [1.807, 2.05) is 41.9 Å². The number of anilines is 1. The Morgan fingerprint density at radius 2 is 1.81 bits per heavy atom. The minimum absolute atomic E-state index is 0.146. The zero-order valence-electron chi connectivity index (χ0n) is 18.2. The van der Waals surface area contributed by atoms with E-state index in [-0.39, 0.29) is 18.3 Å². The van der Waals surface area contributed by atoms with E-state index in [0.29, 0.717) is 22.4 Å². The van der Waals surface area contributed by atoms with Crippen molar-refractivity contribution < 1.29 is 14.3 Å². The van der Waals surface area contributed by atoms with Gasteiger partial charge in [-0.05, 0) is 41.5 Å². The first-order chi connectivity index (χ1) is 15.6. The molecule has 1 aromatic heterocycles. The van der Waals surface area contributed by atoms with E-state index < -0.39 is 0 Å². The second-order valence-corrected chi connectivity index (χ2v) is 8.14. The first-order valence-corrected chi connectivity index (χ1v) is 11.1. The molecular formula is C24H24N4O3S. The van der Waals surface area contributed by atoms with Crippen LogP contribution in [0.5, 0.6) is 11.5 Å². The fourth-order valence-electron chi connectivity index (χ4n) is 3.37. The van der Waals surface area contributed by atoms with Crippen LogP contribution >= 0.6 is 11.8 Å². The molecule has 0 bridgehead atoms. The van der Waals surface area contributed by atoms with E-state index in [9.17, 15) is 4.79 Å². The summed E-state index contributed by atoms with van der Waals surface area (Å²) >= 11 is 1.32. The molecule has 1 heterocycles. The average molecular weight is 449 g/mol. The molecule has 0 aliphatic rings. The standard InChI is InChI=1S/C24H24N4O3S/c1-16-18-9-5-4-8-17(18)12-13-20(16)31-14-22-26-27-24(28(22)2)32-15-23(29)25-19-10-6-7-11-21(19)30-3/h4-13H,14-15H2,1-3H3,(H,25,29). The van der Waals surface area contributed by atoms with E-state index in [4.69, 9.17) is 9.47 Å². The van der Waals surface area contributed by atoms with Gasteiger partial charge >= 0.3 is 0 Å². The van der Waals surface area contributed by atoms with Crippen molar-refractivity contribution in [2.24, 2.45) is 7.05 Å². The number of nitrogens with one attached hydrogen (secondary N) is 1. The molecule has 0 aliphatic heterocycles. The molecule has 1 amide bonds. The molecule has 8 heteroatoms. The van der Waals surface area contributed by atoms with Gasteiger partial charge in [0.1, 0.15) is 18.1 Å². The Hall–Kier alpha value is -3.52. The third-order valence-electron chi connectivity index (χ3n) is 5.14. The van der Waals surface area contributed by atoms with E-state index >= 15 is 0 Å². The van der Waals surface area contributed by atoms with E-state index in [0.717, 1.165) is 11.3 Å². The van der Waals surface area contributed by atoms with Crippen molar-refractivity contribution in [3.8, 4) is 11.5 Å². The minimum Gasteiger partial charge on any atom is -0.495 e. The lowest BCUT2D eigenvalue weighted by molar-refractivity contribution is -0.113. The number of aryl methyl sites for hydroxylation is 1. The molecule has 0 spiro atoms. The van der Waals surface area contributed by atoms with Crippen LogP contribution in [-0.4, -0.2) is 33.5 Å². The summed E-state index contributed by atoms with van der Waals surface area (Å²) in [5.41, 5.74) is 1.73. The van der Waals surface area contributed by atoms with Gasteiger partial charge in [0.2, 0.25) is 5.91 Å². The van der Waals surface area contributed by atoms with Crippen molar-refractivity contribution in [3.05, 3.63) is 72.1 Å². The summed E-state index contributed by atoms with van der Waals surface area (Å²) in [6.45, 7) is 2.34. The Morgan fingerprint density at radius 1 is 1.03 bits per heavy atom. The smallest absolute Gasteiger partial charge is 0.234 e. The van der Waals surface area contributed by atoms with E-state index in [2.05, 4.69) is 40.6 Å². The van der Waals surface area contributed by atoms with Crippen LogP contribution in [0.1, 0.15) is 11.4 Å². The maximum absolute atomic E-state index is 12.4. The summed E-state index contributed by atoms with van der Waals surface area (Å²) in [5.74, 6) is 2.18. The summed E-state index contributed by atoms with van der Waals surface area (Å²) in [7, 11) is 3.44. The number of carbonyl (C=O) groups is 1. The molecule has 4 aromatic rings. The molecule has 7 nitrogen and oxygen atoms in total. The van der Waals surface area contributed by atoms with Gasteiger partial charge in [-0.25, -0.2) is 0 Å². The number of para-hydroxylation sites is 2. The quantitative estimate of drug-likeness (QED) is 0.397. The normalized spacial score (nSPS) is 10.8. The second-order valence-electron chi connectivity index (χ2n) is 7.19. The van der Waals surface area contributed by atoms with Crippen LogP contribution in [0.15, 0.2) is 65.8 Å². The van der Waals surface area contributed by atoms with Gasteiger partial charge in [-0.15, -0.1) is 10.2 Å². The monoisotopic (exact) mass is 448 g/mol. The lowest BCUT2D eigenvalue weighted by Crippen LogP contribution is -2.15. The number of ether oxygens (including phenoxy) is 2. The molecule has 3 aromatic carbocycles. The third-order valence-corrected chi connectivity index (χ3v) is 6.16. The fourth-order valence-corrected chi connectivity index (χ4v) is 4.10. The molecule has 0 aliphatic carbocycles. The number of methoxy groups -OCH3 is 1. The van der Waals surface area contributed by atoms with Gasteiger partial charge in [0, 0.05) is 7.05 Å². The zero-order valence-corrected chi connectivity index (χ0v) is 19.0. The summed E-state index contributed by atoms with van der Waals surface area (Å²) in [6.07, 6.45) is 0. The number of fused-ring (bicyclic) bond motifs is 1. The summed E-state index contributed by atoms with van der Waals surface area (Å²) in [5, 5.41) is 14.3. The first kappa shape index (κ1) is 21.7. The molecule has 0 radical (unpaired) electrons. The number of aromatic nitrogens is 3. The maximum atomic E-state index is 12.4. The van der Waals surface area contributed by atoms with Crippen molar-refractivity contribution in [2.75, 3.05) is 18.2 Å². The number of carbonyl (C=O) groups excluding carboxylic acids is 1. The van der Waals surface area contributed by atoms with Gasteiger partial charge < -0.3 is 19.4 Å². The van der Waals surface area contributed by atoms with Crippen LogP contribution in [0.25, 0.3) is 10.8 Å². The Labute approximate surface area is 190 Å². The Balaban J connectivity index is 1.36. The van der Waals surface area contributed by atoms with Crippen molar-refractivity contribution in [1.29, 1.82) is 0 Å². The topological polar surface area (TPSA) is 78.3 Å². The molecule has 0 unspecified atom stereocenters. The second kappa shape index (κ2) is 9.74. The van der Waals surface area contributed by atoms with Gasteiger partial charge in [-0.3, -0.25) is 4.79 Å². The molecule has 0 saturated carbocycles. The van der Waals surface area contributed by atoms with Crippen LogP contribution in [0.2, 0.25) is 0 Å². The van der Waals surface area contributed by atoms with E-state index in [1.54, 1.807) is 19.2 Å². The largest absolute Gasteiger partial charge is 0.495 e. The van der Waals surface area contributed by atoms with Crippen LogP contribution in [0.4, 0.5) is 5.69 Å². The minimum atomic E-state index is -0.146. The zero-order chi connectivity index (χ0) is 22.5. The third kappa shape index (κ3) is 4.70. The van der Waals surface area contributed by atoms with Crippen molar-refractivity contribution >= 4 is 34.1 Å².